The third-order valence-electron chi connectivity index (χ3n) is 7.08. The number of benzene rings is 2. The summed E-state index contributed by atoms with van der Waals surface area (Å²) in [6.07, 6.45) is 2.87. The number of piperidine rings is 1. The number of halogens is 4. The molecule has 3 aliphatic heterocycles. The zero-order valence-corrected chi connectivity index (χ0v) is 22.2. The van der Waals surface area contributed by atoms with Crippen molar-refractivity contribution in [2.75, 3.05) is 20.3 Å². The second-order valence-corrected chi connectivity index (χ2v) is 10.6. The van der Waals surface area contributed by atoms with Gasteiger partial charge in [0.2, 0.25) is 0 Å². The van der Waals surface area contributed by atoms with Crippen molar-refractivity contribution in [2.45, 2.75) is 36.5 Å². The fourth-order valence-corrected chi connectivity index (χ4v) is 5.99. The van der Waals surface area contributed by atoms with Crippen molar-refractivity contribution in [3.63, 3.8) is 0 Å². The molecule has 198 valence electrons. The highest BCUT2D eigenvalue weighted by molar-refractivity contribution is 9.09. The van der Waals surface area contributed by atoms with Crippen molar-refractivity contribution in [3.8, 4) is 17.2 Å². The van der Waals surface area contributed by atoms with E-state index in [0.717, 1.165) is 47.5 Å². The molecule has 1 fully saturated rings. The van der Waals surface area contributed by atoms with E-state index in [9.17, 15) is 13.2 Å². The van der Waals surface area contributed by atoms with E-state index in [1.165, 1.54) is 6.07 Å². The van der Waals surface area contributed by atoms with Crippen LogP contribution in [0.2, 0.25) is 0 Å². The third kappa shape index (κ3) is 3.95. The summed E-state index contributed by atoms with van der Waals surface area (Å²) in [6.45, 7) is 2.71. The van der Waals surface area contributed by atoms with Gasteiger partial charge in [-0.05, 0) is 67.3 Å². The Morgan fingerprint density at radius 3 is 2.79 bits per heavy atom. The van der Waals surface area contributed by atoms with Crippen LogP contribution in [0.5, 0.6) is 11.5 Å². The molecule has 0 bridgehead atoms. The van der Waals surface area contributed by atoms with Crippen LogP contribution < -0.4 is 9.47 Å². The normalized spacial score (nSPS) is 23.5. The highest BCUT2D eigenvalue weighted by Crippen LogP contribution is 2.51. The lowest BCUT2D eigenvalue weighted by Crippen LogP contribution is -2.57. The van der Waals surface area contributed by atoms with E-state index in [4.69, 9.17) is 14.3 Å². The largest absolute Gasteiger partial charge is 0.495 e. The van der Waals surface area contributed by atoms with Crippen molar-refractivity contribution in [3.05, 3.63) is 76.9 Å². The average molecular weight is 589 g/mol. The molecule has 0 saturated carbocycles. The summed E-state index contributed by atoms with van der Waals surface area (Å²) in [4.78, 5) is 12.1. The van der Waals surface area contributed by atoms with Crippen LogP contribution in [0.1, 0.15) is 35.2 Å². The maximum Gasteiger partial charge on any atom is 0.416 e. The summed E-state index contributed by atoms with van der Waals surface area (Å²) in [7, 11) is 1.63. The fourth-order valence-electron chi connectivity index (χ4n) is 5.28. The van der Waals surface area contributed by atoms with Crippen LogP contribution in [-0.2, 0) is 16.7 Å². The van der Waals surface area contributed by atoms with Crippen LogP contribution in [0.15, 0.2) is 59.7 Å². The highest BCUT2D eigenvalue weighted by Gasteiger charge is 2.57. The van der Waals surface area contributed by atoms with Gasteiger partial charge in [0.1, 0.15) is 22.9 Å². The first-order chi connectivity index (χ1) is 18.2. The minimum atomic E-state index is -4.47. The van der Waals surface area contributed by atoms with Gasteiger partial charge in [0, 0.05) is 12.7 Å². The van der Waals surface area contributed by atoms with E-state index in [1.807, 2.05) is 40.8 Å². The Bertz CT molecular complexity index is 1470. The molecule has 0 amide bonds. The van der Waals surface area contributed by atoms with E-state index >= 15 is 0 Å². The molecular weight excluding hydrogens is 565 g/mol. The molecule has 2 unspecified atom stereocenters. The van der Waals surface area contributed by atoms with Crippen molar-refractivity contribution < 1.29 is 27.5 Å². The minimum Gasteiger partial charge on any atom is -0.495 e. The predicted octanol–water partition coefficient (Wildman–Crippen LogP) is 6.04. The molecule has 0 N–H and O–H groups in total. The Morgan fingerprint density at radius 1 is 1.21 bits per heavy atom. The van der Waals surface area contributed by atoms with Crippen molar-refractivity contribution in [2.24, 2.45) is 5.16 Å². The number of hydrogen-bond acceptors (Lipinski definition) is 6. The number of alkyl halides is 4. The van der Waals surface area contributed by atoms with Crippen LogP contribution in [0.3, 0.4) is 0 Å². The van der Waals surface area contributed by atoms with E-state index in [2.05, 4.69) is 32.1 Å². The van der Waals surface area contributed by atoms with E-state index < -0.39 is 17.5 Å². The van der Waals surface area contributed by atoms with Gasteiger partial charge in [-0.25, -0.2) is 4.98 Å². The number of aryl methyl sites for hydroxylation is 1. The fraction of sp³-hybridized carbons (Fsp3) is 0.333. The molecule has 2 aromatic carbocycles. The Hall–Kier alpha value is -3.47. The van der Waals surface area contributed by atoms with Crippen molar-refractivity contribution in [1.29, 1.82) is 0 Å². The Morgan fingerprint density at radius 2 is 2.05 bits per heavy atom. The first kappa shape index (κ1) is 24.8. The number of imidazole rings is 1. The van der Waals surface area contributed by atoms with Gasteiger partial charge in [-0.1, -0.05) is 27.2 Å². The standard InChI is InChI=1S/C27H24BrF3N4O3/c1-16-13-34(15-32-16)21-8-5-17(11-23(21)36-2)10-18-4-3-9-35-25(18)33-38-26(35)20-7-6-19(27(29,30)31)12-22(20)37-14-24(26)28/h5-8,10-13,15,24H,3-4,9,14H2,1-2H3. The van der Waals surface area contributed by atoms with Gasteiger partial charge in [-0.2, -0.15) is 13.2 Å². The molecule has 2 atom stereocenters. The smallest absolute Gasteiger partial charge is 0.416 e. The molecule has 3 aliphatic rings. The molecule has 1 aromatic heterocycles. The average Bonchev–Trinajstić information content (AvgIpc) is 3.51. The quantitative estimate of drug-likeness (QED) is 0.349. The third-order valence-corrected chi connectivity index (χ3v) is 7.97. The first-order valence-electron chi connectivity index (χ1n) is 12.1. The summed E-state index contributed by atoms with van der Waals surface area (Å²) in [6, 6.07) is 9.46. The highest BCUT2D eigenvalue weighted by atomic mass is 79.9. The molecule has 3 aromatic rings. The van der Waals surface area contributed by atoms with Crippen molar-refractivity contribution >= 4 is 27.8 Å². The molecule has 38 heavy (non-hydrogen) atoms. The van der Waals surface area contributed by atoms with Crippen LogP contribution in [0, 0.1) is 6.92 Å². The number of oxime groups is 1. The summed E-state index contributed by atoms with van der Waals surface area (Å²) < 4.78 is 53.3. The predicted molar refractivity (Wildman–Crippen MR) is 139 cm³/mol. The second kappa shape index (κ2) is 9.07. The maximum absolute atomic E-state index is 13.4. The molecule has 1 spiro atoms. The van der Waals surface area contributed by atoms with Gasteiger partial charge in [0.15, 0.2) is 5.84 Å². The van der Waals surface area contributed by atoms with Gasteiger partial charge in [0.25, 0.3) is 5.72 Å². The number of amidine groups is 1. The number of ether oxygens (including phenoxy) is 2. The van der Waals surface area contributed by atoms with Gasteiger partial charge in [0.05, 0.1) is 35.9 Å². The van der Waals surface area contributed by atoms with Gasteiger partial charge in [-0.3, -0.25) is 0 Å². The number of nitrogens with zero attached hydrogens (tertiary/aromatic N) is 4. The Balaban J connectivity index is 1.35. The first-order valence-corrected chi connectivity index (χ1v) is 13.0. The van der Waals surface area contributed by atoms with Crippen LogP contribution in [0.4, 0.5) is 13.2 Å². The summed E-state index contributed by atoms with van der Waals surface area (Å²) in [5.41, 5.74) is 2.33. The topological polar surface area (TPSA) is 61.1 Å². The maximum atomic E-state index is 13.4. The van der Waals surface area contributed by atoms with E-state index in [1.54, 1.807) is 13.4 Å². The molecule has 1 saturated heterocycles. The molecule has 6 rings (SSSR count). The molecule has 0 radical (unpaired) electrons. The van der Waals surface area contributed by atoms with Crippen LogP contribution in [0.25, 0.3) is 11.8 Å². The number of methoxy groups -OCH3 is 1. The Labute approximate surface area is 225 Å². The monoisotopic (exact) mass is 588 g/mol. The molecule has 0 aliphatic carbocycles. The number of fused-ring (bicyclic) bond motifs is 4. The van der Waals surface area contributed by atoms with E-state index in [0.29, 0.717) is 23.7 Å². The molecular formula is C27H24BrF3N4O3. The lowest BCUT2D eigenvalue weighted by atomic mass is 9.90. The zero-order chi connectivity index (χ0) is 26.7. The minimum absolute atomic E-state index is 0.138. The summed E-state index contributed by atoms with van der Waals surface area (Å²) >= 11 is 3.67. The van der Waals surface area contributed by atoms with Crippen molar-refractivity contribution in [1.82, 2.24) is 14.5 Å². The van der Waals surface area contributed by atoms with Gasteiger partial charge in [-0.15, -0.1) is 0 Å². The van der Waals surface area contributed by atoms with Gasteiger partial charge < -0.3 is 23.8 Å². The number of hydrogen-bond donors (Lipinski definition) is 0. The lowest BCUT2D eigenvalue weighted by Gasteiger charge is -2.45. The molecule has 11 heteroatoms. The summed E-state index contributed by atoms with van der Waals surface area (Å²) in [5.74, 6) is 1.52. The van der Waals surface area contributed by atoms with E-state index in [-0.39, 0.29) is 17.2 Å². The zero-order valence-electron chi connectivity index (χ0n) is 20.6. The lowest BCUT2D eigenvalue weighted by molar-refractivity contribution is -0.138. The number of aromatic nitrogens is 2. The number of rotatable bonds is 3. The second-order valence-electron chi connectivity index (χ2n) is 9.47. The molecule has 7 nitrogen and oxygen atoms in total. The van der Waals surface area contributed by atoms with Crippen LogP contribution in [-0.4, -0.2) is 45.4 Å². The SMILES string of the molecule is COc1cc(C=C2CCCN3C2=NOC32c3ccc(C(F)(F)F)cc3OCC2Br)ccc1-n1cnc(C)c1. The summed E-state index contributed by atoms with van der Waals surface area (Å²) in [5, 5.41) is 4.47. The molecule has 4 heterocycles. The van der Waals surface area contributed by atoms with Crippen LogP contribution >= 0.6 is 15.9 Å². The van der Waals surface area contributed by atoms with Gasteiger partial charge >= 0.3 is 6.18 Å². The Kier molecular flexibility index (Phi) is 5.93.